The van der Waals surface area contributed by atoms with Gasteiger partial charge in [0.15, 0.2) is 5.82 Å². The van der Waals surface area contributed by atoms with E-state index in [1.807, 2.05) is 0 Å². The molecule has 5 aromatic rings. The molecule has 4 aromatic heterocycles. The van der Waals surface area contributed by atoms with E-state index in [-0.39, 0.29) is 22.1 Å². The number of hydrogen-bond acceptors (Lipinski definition) is 7. The quantitative estimate of drug-likeness (QED) is 0.361. The van der Waals surface area contributed by atoms with E-state index < -0.39 is 33.8 Å². The van der Waals surface area contributed by atoms with Crippen molar-refractivity contribution in [3.05, 3.63) is 80.8 Å². The predicted octanol–water partition coefficient (Wildman–Crippen LogP) is 4.55. The first-order valence-electron chi connectivity index (χ1n) is 9.75. The van der Waals surface area contributed by atoms with Gasteiger partial charge in [0.2, 0.25) is 5.56 Å². The highest BCUT2D eigenvalue weighted by molar-refractivity contribution is 7.08. The number of carbonyl (C=O) groups excluding carboxylic acids is 1. The Bertz CT molecular complexity index is 1630. The Hall–Kier alpha value is -4.10. The number of hydrogen-bond donors (Lipinski definition) is 2. The monoisotopic (exact) mass is 517 g/mol. The third-order valence-electron chi connectivity index (χ3n) is 4.89. The molecule has 0 aliphatic heterocycles. The molecule has 0 spiro atoms. The minimum atomic E-state index is -4.88. The second kappa shape index (κ2) is 8.60. The molecule has 0 aliphatic carbocycles. The van der Waals surface area contributed by atoms with E-state index in [0.29, 0.717) is 22.4 Å². The van der Waals surface area contributed by atoms with Gasteiger partial charge in [-0.1, -0.05) is 23.7 Å². The van der Waals surface area contributed by atoms with Crippen LogP contribution in [0.3, 0.4) is 0 Å². The van der Waals surface area contributed by atoms with Gasteiger partial charge < -0.3 is 10.3 Å². The number of rotatable bonds is 4. The van der Waals surface area contributed by atoms with Crippen LogP contribution in [0.4, 0.5) is 18.9 Å². The topological polar surface area (TPSA) is 118 Å². The Kier molecular flexibility index (Phi) is 5.57. The van der Waals surface area contributed by atoms with Crippen molar-refractivity contribution in [2.24, 2.45) is 0 Å². The highest BCUT2D eigenvalue weighted by Crippen LogP contribution is 2.42. The van der Waals surface area contributed by atoms with E-state index in [0.717, 1.165) is 4.80 Å². The number of benzene rings is 1. The van der Waals surface area contributed by atoms with Gasteiger partial charge in [0.1, 0.15) is 10.4 Å². The van der Waals surface area contributed by atoms with Crippen molar-refractivity contribution in [3.63, 3.8) is 0 Å². The first-order chi connectivity index (χ1) is 16.7. The molecular weight excluding hydrogens is 507 g/mol. The number of aromatic nitrogens is 6. The zero-order chi connectivity index (χ0) is 24.7. The van der Waals surface area contributed by atoms with Gasteiger partial charge >= 0.3 is 6.18 Å². The van der Waals surface area contributed by atoms with Gasteiger partial charge in [0, 0.05) is 22.5 Å². The number of halogens is 4. The van der Waals surface area contributed by atoms with Crippen molar-refractivity contribution in [2.75, 3.05) is 5.32 Å². The smallest absolute Gasteiger partial charge is 0.322 e. The number of nitrogens with zero attached hydrogens (tertiary/aromatic N) is 5. The molecule has 0 saturated carbocycles. The molecule has 4 heterocycles. The molecule has 0 aliphatic rings. The molecule has 2 N–H and O–H groups in total. The zero-order valence-corrected chi connectivity index (χ0v) is 18.7. The van der Waals surface area contributed by atoms with Crippen LogP contribution in [0.15, 0.2) is 59.8 Å². The van der Waals surface area contributed by atoms with Crippen LogP contribution in [0.25, 0.3) is 28.0 Å². The summed E-state index contributed by atoms with van der Waals surface area (Å²) < 4.78 is 46.4. The molecule has 0 radical (unpaired) electrons. The van der Waals surface area contributed by atoms with Crippen molar-refractivity contribution in [2.45, 2.75) is 6.18 Å². The molecule has 14 heteroatoms. The largest absolute Gasteiger partial charge is 0.420 e. The number of amides is 1. The zero-order valence-electron chi connectivity index (χ0n) is 17.2. The number of anilines is 1. The van der Waals surface area contributed by atoms with Crippen molar-refractivity contribution in [1.82, 2.24) is 29.3 Å². The van der Waals surface area contributed by atoms with Crippen LogP contribution < -0.4 is 10.9 Å². The first kappa shape index (κ1) is 22.7. The number of nitrogens with one attached hydrogen (secondary N) is 2. The lowest BCUT2D eigenvalue weighted by atomic mass is 10.0. The van der Waals surface area contributed by atoms with Crippen LogP contribution in [0.1, 0.15) is 15.2 Å². The standard InChI is InChI=1S/C21H11ClF3N7O2S/c22-13-8-10(9-26-19(13)32-27-6-7-28-32)29-20(34)18-16(21(23,24)25)17(31-35-18)12-2-1-3-14-11(12)4-5-15(33)30-14/h1-9H,(H,29,34)(H,30,33). The molecule has 0 fully saturated rings. The van der Waals surface area contributed by atoms with E-state index in [1.165, 1.54) is 48.9 Å². The molecule has 9 nitrogen and oxygen atoms in total. The number of fused-ring (bicyclic) bond motifs is 1. The molecule has 1 aromatic carbocycles. The van der Waals surface area contributed by atoms with Gasteiger partial charge in [0.05, 0.1) is 35.0 Å². The fraction of sp³-hybridized carbons (Fsp3) is 0.0476. The average molecular weight is 518 g/mol. The minimum absolute atomic E-state index is 0.0710. The maximum Gasteiger partial charge on any atom is 0.420 e. The molecule has 1 amide bonds. The van der Waals surface area contributed by atoms with Crippen LogP contribution in [-0.2, 0) is 6.18 Å². The lowest BCUT2D eigenvalue weighted by Crippen LogP contribution is -2.17. The summed E-state index contributed by atoms with van der Waals surface area (Å²) in [6.07, 6.45) is -0.827. The van der Waals surface area contributed by atoms with E-state index in [2.05, 4.69) is 29.9 Å². The lowest BCUT2D eigenvalue weighted by molar-refractivity contribution is -0.137. The Morgan fingerprint density at radius 2 is 1.91 bits per heavy atom. The van der Waals surface area contributed by atoms with Crippen molar-refractivity contribution < 1.29 is 18.0 Å². The van der Waals surface area contributed by atoms with E-state index >= 15 is 0 Å². The third-order valence-corrected chi connectivity index (χ3v) is 6.01. The number of H-pyrrole nitrogens is 1. The van der Waals surface area contributed by atoms with E-state index in [1.54, 1.807) is 6.07 Å². The SMILES string of the molecule is O=C(Nc1cnc(-n2nccn2)c(Cl)c1)c1snc(-c2cccc3[nH]c(=O)ccc23)c1C(F)(F)F. The molecule has 5 rings (SSSR count). The first-order valence-corrected chi connectivity index (χ1v) is 10.9. The van der Waals surface area contributed by atoms with Gasteiger partial charge in [-0.2, -0.15) is 27.7 Å². The highest BCUT2D eigenvalue weighted by Gasteiger charge is 2.41. The van der Waals surface area contributed by atoms with Gasteiger partial charge in [0.25, 0.3) is 5.91 Å². The maximum absolute atomic E-state index is 14.1. The van der Waals surface area contributed by atoms with Gasteiger partial charge in [-0.15, -0.1) is 4.80 Å². The van der Waals surface area contributed by atoms with Gasteiger partial charge in [-0.05, 0) is 29.7 Å². The van der Waals surface area contributed by atoms with Gasteiger partial charge in [-0.25, -0.2) is 4.98 Å². The summed E-state index contributed by atoms with van der Waals surface area (Å²) >= 11 is 6.59. The second-order valence-electron chi connectivity index (χ2n) is 7.12. The average Bonchev–Trinajstić information content (AvgIpc) is 3.49. The minimum Gasteiger partial charge on any atom is -0.322 e. The Morgan fingerprint density at radius 1 is 1.14 bits per heavy atom. The van der Waals surface area contributed by atoms with Gasteiger partial charge in [-0.3, -0.25) is 9.59 Å². The molecular formula is C21H11ClF3N7O2S. The molecule has 0 saturated heterocycles. The summed E-state index contributed by atoms with van der Waals surface area (Å²) in [5.41, 5.74) is -1.46. The highest BCUT2D eigenvalue weighted by atomic mass is 35.5. The summed E-state index contributed by atoms with van der Waals surface area (Å²) in [5, 5.41) is 10.6. The van der Waals surface area contributed by atoms with Crippen LogP contribution >= 0.6 is 23.1 Å². The van der Waals surface area contributed by atoms with Crippen LogP contribution in [0.5, 0.6) is 0 Å². The summed E-state index contributed by atoms with van der Waals surface area (Å²) in [6, 6.07) is 8.44. The second-order valence-corrected chi connectivity index (χ2v) is 8.31. The Labute approximate surface area is 202 Å². The molecule has 35 heavy (non-hydrogen) atoms. The number of aromatic amines is 1. The van der Waals surface area contributed by atoms with Crippen LogP contribution in [-0.4, -0.2) is 35.2 Å². The normalized spacial score (nSPS) is 11.7. The summed E-state index contributed by atoms with van der Waals surface area (Å²) in [5.74, 6) is -0.850. The van der Waals surface area contributed by atoms with Crippen LogP contribution in [0, 0.1) is 0 Å². The summed E-state index contributed by atoms with van der Waals surface area (Å²) in [4.78, 5) is 31.6. The van der Waals surface area contributed by atoms with Crippen molar-refractivity contribution in [1.29, 1.82) is 0 Å². The number of pyridine rings is 2. The molecule has 0 unspecified atom stereocenters. The summed E-state index contributed by atoms with van der Waals surface area (Å²) in [6.45, 7) is 0. The number of carbonyl (C=O) groups is 1. The molecule has 0 bridgehead atoms. The van der Waals surface area contributed by atoms with Crippen LogP contribution in [0.2, 0.25) is 5.02 Å². The fourth-order valence-electron chi connectivity index (χ4n) is 3.44. The Morgan fingerprint density at radius 3 is 2.63 bits per heavy atom. The van der Waals surface area contributed by atoms with Crippen molar-refractivity contribution >= 4 is 45.6 Å². The number of alkyl halides is 3. The predicted molar refractivity (Wildman–Crippen MR) is 123 cm³/mol. The third kappa shape index (κ3) is 4.26. The lowest BCUT2D eigenvalue weighted by Gasteiger charge is -2.12. The molecule has 176 valence electrons. The summed E-state index contributed by atoms with van der Waals surface area (Å²) in [7, 11) is 0. The fourth-order valence-corrected chi connectivity index (χ4v) is 4.50. The maximum atomic E-state index is 14.1. The molecule has 0 atom stereocenters. The van der Waals surface area contributed by atoms with Crippen molar-refractivity contribution in [3.8, 4) is 17.1 Å². The van der Waals surface area contributed by atoms with E-state index in [9.17, 15) is 22.8 Å². The Balaban J connectivity index is 1.54. The van der Waals surface area contributed by atoms with E-state index in [4.69, 9.17) is 11.6 Å².